The molecule has 1 aromatic heterocycles. The molecule has 3 nitrogen and oxygen atoms in total. The van der Waals surface area contributed by atoms with Crippen LogP contribution in [0.25, 0.3) is 0 Å². The van der Waals surface area contributed by atoms with Gasteiger partial charge in [-0.3, -0.25) is 4.79 Å². The third-order valence-electron chi connectivity index (χ3n) is 2.59. The number of aryl methyl sites for hydroxylation is 1. The van der Waals surface area contributed by atoms with E-state index in [-0.39, 0.29) is 11.7 Å². The van der Waals surface area contributed by atoms with Crippen molar-refractivity contribution in [3.05, 3.63) is 54.0 Å². The quantitative estimate of drug-likeness (QED) is 0.855. The Morgan fingerprint density at radius 1 is 1.30 bits per heavy atom. The Morgan fingerprint density at radius 3 is 2.75 bits per heavy atom. The highest BCUT2D eigenvalue weighted by Crippen LogP contribution is 2.19. The van der Waals surface area contributed by atoms with Gasteiger partial charge in [0.15, 0.2) is 0 Å². The van der Waals surface area contributed by atoms with Gasteiger partial charge in [-0.15, -0.1) is 11.8 Å². The fourth-order valence-electron chi connectivity index (χ4n) is 1.60. The van der Waals surface area contributed by atoms with Crippen LogP contribution in [0.1, 0.15) is 12.0 Å². The number of hydrogen-bond acceptors (Lipinski definition) is 3. The molecule has 0 unspecified atom stereocenters. The van der Waals surface area contributed by atoms with Gasteiger partial charge in [0, 0.05) is 23.3 Å². The number of amides is 1. The van der Waals surface area contributed by atoms with Crippen molar-refractivity contribution in [2.75, 3.05) is 11.1 Å². The third kappa shape index (κ3) is 4.66. The molecule has 0 saturated heterocycles. The fraction of sp³-hybridized carbons (Fsp3) is 0.200. The topological polar surface area (TPSA) is 42.0 Å². The van der Waals surface area contributed by atoms with Crippen molar-refractivity contribution >= 4 is 23.5 Å². The molecule has 2 aromatic rings. The maximum absolute atomic E-state index is 12.7. The van der Waals surface area contributed by atoms with Crippen LogP contribution < -0.4 is 5.32 Å². The van der Waals surface area contributed by atoms with E-state index in [9.17, 15) is 9.18 Å². The summed E-state index contributed by atoms with van der Waals surface area (Å²) in [5.74, 6) is 0.889. The number of nitrogens with one attached hydrogen (secondary N) is 1. The predicted octanol–water partition coefficient (Wildman–Crippen LogP) is 3.65. The van der Waals surface area contributed by atoms with Crippen LogP contribution in [-0.4, -0.2) is 16.6 Å². The number of anilines is 1. The zero-order valence-corrected chi connectivity index (χ0v) is 11.9. The minimum Gasteiger partial charge on any atom is -0.311 e. The third-order valence-corrected chi connectivity index (χ3v) is 3.61. The van der Waals surface area contributed by atoms with Crippen LogP contribution in [0, 0.1) is 12.7 Å². The Balaban J connectivity index is 1.76. The number of rotatable bonds is 5. The normalized spacial score (nSPS) is 10.3. The summed E-state index contributed by atoms with van der Waals surface area (Å²) in [5, 5.41) is 2.75. The Bertz CT molecular complexity index is 587. The van der Waals surface area contributed by atoms with Crippen molar-refractivity contribution < 1.29 is 9.18 Å². The minimum atomic E-state index is -0.252. The first-order valence-electron chi connectivity index (χ1n) is 6.24. The Hall–Kier alpha value is -1.88. The number of aromatic nitrogens is 1. The van der Waals surface area contributed by atoms with E-state index < -0.39 is 0 Å². The van der Waals surface area contributed by atoms with Crippen molar-refractivity contribution in [3.8, 4) is 0 Å². The van der Waals surface area contributed by atoms with Crippen molar-refractivity contribution in [1.29, 1.82) is 0 Å². The first-order valence-corrected chi connectivity index (χ1v) is 7.23. The van der Waals surface area contributed by atoms with E-state index in [4.69, 9.17) is 0 Å². The van der Waals surface area contributed by atoms with Crippen LogP contribution in [0.15, 0.2) is 47.5 Å². The lowest BCUT2D eigenvalue weighted by Gasteiger charge is -2.05. The summed E-state index contributed by atoms with van der Waals surface area (Å²) in [7, 11) is 0. The smallest absolute Gasteiger partial charge is 0.226 e. The number of carbonyl (C=O) groups excluding carboxylic acids is 1. The summed E-state index contributed by atoms with van der Waals surface area (Å²) in [6, 6.07) is 9.95. The van der Waals surface area contributed by atoms with Crippen molar-refractivity contribution in [2.45, 2.75) is 18.2 Å². The van der Waals surface area contributed by atoms with Gasteiger partial charge in [-0.25, -0.2) is 9.37 Å². The molecule has 0 atom stereocenters. The van der Waals surface area contributed by atoms with Crippen LogP contribution in [0.3, 0.4) is 0 Å². The molecule has 0 saturated carbocycles. The molecule has 5 heteroatoms. The van der Waals surface area contributed by atoms with Gasteiger partial charge in [-0.05, 0) is 48.9 Å². The van der Waals surface area contributed by atoms with E-state index in [0.717, 1.165) is 10.5 Å². The fourth-order valence-corrected chi connectivity index (χ4v) is 2.45. The summed E-state index contributed by atoms with van der Waals surface area (Å²) < 4.78 is 12.7. The Labute approximate surface area is 121 Å². The van der Waals surface area contributed by atoms with Crippen LogP contribution in [0.5, 0.6) is 0 Å². The van der Waals surface area contributed by atoms with Gasteiger partial charge in [0.2, 0.25) is 5.91 Å². The highest BCUT2D eigenvalue weighted by molar-refractivity contribution is 7.99. The van der Waals surface area contributed by atoms with E-state index in [1.165, 1.54) is 23.9 Å². The number of carbonyl (C=O) groups is 1. The molecular formula is C15H15FN2OS. The van der Waals surface area contributed by atoms with Crippen LogP contribution >= 0.6 is 11.8 Å². The second-order valence-electron chi connectivity index (χ2n) is 4.32. The van der Waals surface area contributed by atoms with Crippen LogP contribution in [-0.2, 0) is 4.79 Å². The van der Waals surface area contributed by atoms with Crippen molar-refractivity contribution in [3.63, 3.8) is 0 Å². The lowest BCUT2D eigenvalue weighted by Crippen LogP contribution is -2.13. The summed E-state index contributed by atoms with van der Waals surface area (Å²) in [4.78, 5) is 16.8. The molecule has 1 amide bonds. The zero-order chi connectivity index (χ0) is 14.4. The predicted molar refractivity (Wildman–Crippen MR) is 79.3 cm³/mol. The molecule has 0 bridgehead atoms. The number of nitrogens with zero attached hydrogens (tertiary/aromatic N) is 1. The maximum atomic E-state index is 12.7. The van der Waals surface area contributed by atoms with Gasteiger partial charge in [0.25, 0.3) is 0 Å². The lowest BCUT2D eigenvalue weighted by molar-refractivity contribution is -0.115. The molecule has 20 heavy (non-hydrogen) atoms. The SMILES string of the molecule is Cc1ccnc(NC(=O)CCSc2ccc(F)cc2)c1. The first-order chi connectivity index (χ1) is 9.63. The van der Waals surface area contributed by atoms with Crippen molar-refractivity contribution in [2.24, 2.45) is 0 Å². The second kappa shape index (κ2) is 7.05. The molecule has 0 aliphatic carbocycles. The number of thioether (sulfide) groups is 1. The zero-order valence-electron chi connectivity index (χ0n) is 11.1. The van der Waals surface area contributed by atoms with Gasteiger partial charge >= 0.3 is 0 Å². The Kier molecular flexibility index (Phi) is 5.12. The lowest BCUT2D eigenvalue weighted by atomic mass is 10.3. The monoisotopic (exact) mass is 290 g/mol. The average Bonchev–Trinajstić information content (AvgIpc) is 2.41. The average molecular weight is 290 g/mol. The van der Waals surface area contributed by atoms with Gasteiger partial charge in [0.1, 0.15) is 11.6 Å². The summed E-state index contributed by atoms with van der Waals surface area (Å²) in [6.45, 7) is 1.95. The number of benzene rings is 1. The van der Waals surface area contributed by atoms with E-state index in [1.807, 2.05) is 19.1 Å². The molecule has 104 valence electrons. The van der Waals surface area contributed by atoms with Gasteiger partial charge in [-0.2, -0.15) is 0 Å². The number of hydrogen-bond donors (Lipinski definition) is 1. The van der Waals surface area contributed by atoms with E-state index in [0.29, 0.717) is 18.0 Å². The highest BCUT2D eigenvalue weighted by atomic mass is 32.2. The molecule has 0 fully saturated rings. The minimum absolute atomic E-state index is 0.0716. The summed E-state index contributed by atoms with van der Waals surface area (Å²) in [6.07, 6.45) is 2.05. The number of pyridine rings is 1. The van der Waals surface area contributed by atoms with E-state index >= 15 is 0 Å². The standard InChI is InChI=1S/C15H15FN2OS/c1-11-6-8-17-14(10-11)18-15(19)7-9-20-13-4-2-12(16)3-5-13/h2-6,8,10H,7,9H2,1H3,(H,17,18,19). The summed E-state index contributed by atoms with van der Waals surface area (Å²) >= 11 is 1.52. The Morgan fingerprint density at radius 2 is 2.05 bits per heavy atom. The molecule has 1 N–H and O–H groups in total. The molecule has 0 spiro atoms. The molecule has 0 radical (unpaired) electrons. The molecule has 2 rings (SSSR count). The molecule has 1 aromatic carbocycles. The molecule has 0 aliphatic rings. The van der Waals surface area contributed by atoms with Gasteiger partial charge in [0.05, 0.1) is 0 Å². The van der Waals surface area contributed by atoms with Gasteiger partial charge < -0.3 is 5.32 Å². The molecule has 1 heterocycles. The van der Waals surface area contributed by atoms with Crippen LogP contribution in [0.4, 0.5) is 10.2 Å². The highest BCUT2D eigenvalue weighted by Gasteiger charge is 2.04. The first kappa shape index (κ1) is 14.5. The van der Waals surface area contributed by atoms with E-state index in [2.05, 4.69) is 10.3 Å². The molecule has 0 aliphatic heterocycles. The maximum Gasteiger partial charge on any atom is 0.226 e. The van der Waals surface area contributed by atoms with Crippen molar-refractivity contribution in [1.82, 2.24) is 4.98 Å². The molecular weight excluding hydrogens is 275 g/mol. The largest absolute Gasteiger partial charge is 0.311 e. The number of halogens is 1. The second-order valence-corrected chi connectivity index (χ2v) is 5.49. The van der Waals surface area contributed by atoms with E-state index in [1.54, 1.807) is 18.3 Å². The van der Waals surface area contributed by atoms with Gasteiger partial charge in [-0.1, -0.05) is 0 Å². The van der Waals surface area contributed by atoms with Crippen LogP contribution in [0.2, 0.25) is 0 Å². The summed E-state index contributed by atoms with van der Waals surface area (Å²) in [5.41, 5.74) is 1.05.